The predicted octanol–water partition coefficient (Wildman–Crippen LogP) is 3.32. The molecule has 2 aromatic rings. The van der Waals surface area contributed by atoms with Gasteiger partial charge in [0.25, 0.3) is 0 Å². The van der Waals surface area contributed by atoms with Gasteiger partial charge in [-0.05, 0) is 62.4 Å². The molecule has 0 aliphatic carbocycles. The van der Waals surface area contributed by atoms with E-state index < -0.39 is 0 Å². The maximum atomic E-state index is 5.83. The van der Waals surface area contributed by atoms with Crippen molar-refractivity contribution in [2.24, 2.45) is 5.92 Å². The fourth-order valence-corrected chi connectivity index (χ4v) is 2.85. The van der Waals surface area contributed by atoms with Crippen LogP contribution in [-0.2, 0) is 12.8 Å². The van der Waals surface area contributed by atoms with Crippen LogP contribution in [0.1, 0.15) is 37.6 Å². The first kappa shape index (κ1) is 12.7. The molecule has 3 rings (SSSR count). The molecule has 1 aliphatic rings. The van der Waals surface area contributed by atoms with Crippen LogP contribution >= 0.6 is 0 Å². The van der Waals surface area contributed by atoms with Crippen molar-refractivity contribution in [1.82, 2.24) is 10.3 Å². The molecule has 0 amide bonds. The topological polar surface area (TPSA) is 38.1 Å². The van der Waals surface area contributed by atoms with Gasteiger partial charge >= 0.3 is 0 Å². The number of nitrogens with one attached hydrogen (secondary N) is 1. The molecule has 0 radical (unpaired) electrons. The number of hydrogen-bond acceptors (Lipinski definition) is 3. The molecule has 1 N–H and O–H groups in total. The summed E-state index contributed by atoms with van der Waals surface area (Å²) in [7, 11) is 0. The SMILES string of the molecule is CCc1ccc2oc(CCC3CCNCC3)nc2c1. The lowest BCUT2D eigenvalue weighted by atomic mass is 9.93. The maximum Gasteiger partial charge on any atom is 0.195 e. The molecule has 0 saturated carbocycles. The number of aryl methyl sites for hydroxylation is 2. The van der Waals surface area contributed by atoms with Crippen molar-refractivity contribution in [2.45, 2.75) is 39.0 Å². The van der Waals surface area contributed by atoms with Gasteiger partial charge in [-0.25, -0.2) is 4.98 Å². The van der Waals surface area contributed by atoms with Crippen molar-refractivity contribution in [3.63, 3.8) is 0 Å². The van der Waals surface area contributed by atoms with E-state index in [1.165, 1.54) is 24.8 Å². The van der Waals surface area contributed by atoms with Crippen LogP contribution in [0.5, 0.6) is 0 Å². The van der Waals surface area contributed by atoms with E-state index in [4.69, 9.17) is 4.42 Å². The summed E-state index contributed by atoms with van der Waals surface area (Å²) in [5, 5.41) is 3.41. The fourth-order valence-electron chi connectivity index (χ4n) is 2.85. The summed E-state index contributed by atoms with van der Waals surface area (Å²) in [4.78, 5) is 4.62. The largest absolute Gasteiger partial charge is 0.441 e. The molecular formula is C16H22N2O. The number of rotatable bonds is 4. The molecule has 0 unspecified atom stereocenters. The molecule has 3 nitrogen and oxygen atoms in total. The average Bonchev–Trinajstić information content (AvgIpc) is 2.88. The van der Waals surface area contributed by atoms with Crippen molar-refractivity contribution in [2.75, 3.05) is 13.1 Å². The Bertz CT molecular complexity index is 541. The van der Waals surface area contributed by atoms with E-state index in [1.54, 1.807) is 0 Å². The van der Waals surface area contributed by atoms with E-state index in [2.05, 4.69) is 35.4 Å². The van der Waals surface area contributed by atoms with Gasteiger partial charge < -0.3 is 9.73 Å². The molecule has 0 atom stereocenters. The number of aromatic nitrogens is 1. The normalized spacial score (nSPS) is 17.1. The van der Waals surface area contributed by atoms with Crippen molar-refractivity contribution >= 4 is 11.1 Å². The number of oxazole rings is 1. The molecule has 102 valence electrons. The summed E-state index contributed by atoms with van der Waals surface area (Å²) < 4.78 is 5.83. The van der Waals surface area contributed by atoms with Crippen LogP contribution in [0.4, 0.5) is 0 Å². The van der Waals surface area contributed by atoms with E-state index in [-0.39, 0.29) is 0 Å². The smallest absolute Gasteiger partial charge is 0.195 e. The Morgan fingerprint density at radius 3 is 2.95 bits per heavy atom. The zero-order chi connectivity index (χ0) is 13.1. The summed E-state index contributed by atoms with van der Waals surface area (Å²) >= 11 is 0. The first-order valence-electron chi connectivity index (χ1n) is 7.44. The Morgan fingerprint density at radius 2 is 2.16 bits per heavy atom. The van der Waals surface area contributed by atoms with Crippen molar-refractivity contribution < 1.29 is 4.42 Å². The third kappa shape index (κ3) is 2.98. The minimum absolute atomic E-state index is 0.836. The quantitative estimate of drug-likeness (QED) is 0.914. The molecule has 1 aromatic heterocycles. The van der Waals surface area contributed by atoms with Crippen LogP contribution in [0, 0.1) is 5.92 Å². The van der Waals surface area contributed by atoms with Crippen molar-refractivity contribution in [3.05, 3.63) is 29.7 Å². The Balaban J connectivity index is 1.67. The van der Waals surface area contributed by atoms with Gasteiger partial charge in [0.15, 0.2) is 11.5 Å². The minimum Gasteiger partial charge on any atom is -0.441 e. The highest BCUT2D eigenvalue weighted by Crippen LogP contribution is 2.22. The maximum absolute atomic E-state index is 5.83. The zero-order valence-corrected chi connectivity index (χ0v) is 11.6. The lowest BCUT2D eigenvalue weighted by molar-refractivity contribution is 0.343. The van der Waals surface area contributed by atoms with Gasteiger partial charge in [0.1, 0.15) is 5.52 Å². The molecule has 1 aliphatic heterocycles. The summed E-state index contributed by atoms with van der Waals surface area (Å²) in [6.45, 7) is 4.50. The third-order valence-electron chi connectivity index (χ3n) is 4.13. The number of benzene rings is 1. The van der Waals surface area contributed by atoms with Gasteiger partial charge in [-0.3, -0.25) is 0 Å². The number of nitrogens with zero attached hydrogens (tertiary/aromatic N) is 1. The van der Waals surface area contributed by atoms with Crippen LogP contribution in [0.25, 0.3) is 11.1 Å². The van der Waals surface area contributed by atoms with Crippen LogP contribution in [0.2, 0.25) is 0 Å². The van der Waals surface area contributed by atoms with E-state index >= 15 is 0 Å². The Labute approximate surface area is 114 Å². The molecule has 0 bridgehead atoms. The second-order valence-electron chi connectivity index (χ2n) is 5.50. The van der Waals surface area contributed by atoms with Gasteiger partial charge in [-0.2, -0.15) is 0 Å². The van der Waals surface area contributed by atoms with Gasteiger partial charge in [0, 0.05) is 6.42 Å². The summed E-state index contributed by atoms with van der Waals surface area (Å²) in [5.41, 5.74) is 3.27. The molecule has 1 aromatic carbocycles. The third-order valence-corrected chi connectivity index (χ3v) is 4.13. The highest BCUT2D eigenvalue weighted by atomic mass is 16.3. The van der Waals surface area contributed by atoms with Gasteiger partial charge in [-0.15, -0.1) is 0 Å². The zero-order valence-electron chi connectivity index (χ0n) is 11.6. The van der Waals surface area contributed by atoms with E-state index in [0.29, 0.717) is 0 Å². The summed E-state index contributed by atoms with van der Waals surface area (Å²) in [6, 6.07) is 6.33. The molecule has 1 saturated heterocycles. The number of fused-ring (bicyclic) bond motifs is 1. The average molecular weight is 258 g/mol. The lowest BCUT2D eigenvalue weighted by Crippen LogP contribution is -2.27. The Hall–Kier alpha value is -1.35. The first-order valence-corrected chi connectivity index (χ1v) is 7.44. The lowest BCUT2D eigenvalue weighted by Gasteiger charge is -2.21. The van der Waals surface area contributed by atoms with Gasteiger partial charge in [-0.1, -0.05) is 13.0 Å². The van der Waals surface area contributed by atoms with Crippen molar-refractivity contribution in [3.8, 4) is 0 Å². The monoisotopic (exact) mass is 258 g/mol. The number of hydrogen-bond donors (Lipinski definition) is 1. The van der Waals surface area contributed by atoms with E-state index in [1.807, 2.05) is 0 Å². The highest BCUT2D eigenvalue weighted by Gasteiger charge is 2.14. The summed E-state index contributed by atoms with van der Waals surface area (Å²) in [6.07, 6.45) is 5.81. The molecule has 3 heteroatoms. The van der Waals surface area contributed by atoms with Crippen LogP contribution in [0.3, 0.4) is 0 Å². The highest BCUT2D eigenvalue weighted by molar-refractivity contribution is 5.73. The summed E-state index contributed by atoms with van der Waals surface area (Å²) in [5.74, 6) is 1.74. The first-order chi connectivity index (χ1) is 9.35. The molecule has 0 spiro atoms. The van der Waals surface area contributed by atoms with Gasteiger partial charge in [0.05, 0.1) is 0 Å². The molecule has 2 heterocycles. The molecular weight excluding hydrogens is 236 g/mol. The van der Waals surface area contributed by atoms with E-state index in [9.17, 15) is 0 Å². The number of piperidine rings is 1. The standard InChI is InChI=1S/C16H22N2O/c1-2-12-3-5-15-14(11-12)18-16(19-15)6-4-13-7-9-17-10-8-13/h3,5,11,13,17H,2,4,6-10H2,1H3. The molecule has 19 heavy (non-hydrogen) atoms. The molecule has 1 fully saturated rings. The fraction of sp³-hybridized carbons (Fsp3) is 0.562. The second-order valence-corrected chi connectivity index (χ2v) is 5.50. The van der Waals surface area contributed by atoms with Crippen LogP contribution in [-0.4, -0.2) is 18.1 Å². The van der Waals surface area contributed by atoms with E-state index in [0.717, 1.165) is 48.8 Å². The Morgan fingerprint density at radius 1 is 1.32 bits per heavy atom. The Kier molecular flexibility index (Phi) is 3.83. The van der Waals surface area contributed by atoms with Crippen LogP contribution in [0.15, 0.2) is 22.6 Å². The second kappa shape index (κ2) is 5.74. The van der Waals surface area contributed by atoms with Gasteiger partial charge in [0.2, 0.25) is 0 Å². The minimum atomic E-state index is 0.836. The van der Waals surface area contributed by atoms with Crippen LogP contribution < -0.4 is 5.32 Å². The van der Waals surface area contributed by atoms with Crippen molar-refractivity contribution in [1.29, 1.82) is 0 Å². The predicted molar refractivity (Wildman–Crippen MR) is 77.3 cm³/mol.